The van der Waals surface area contributed by atoms with Crippen LogP contribution in [0.4, 0.5) is 0 Å². The molecular weight excluding hydrogens is 218 g/mol. The quantitative estimate of drug-likeness (QED) is 0.755. The van der Waals surface area contributed by atoms with Gasteiger partial charge in [0.15, 0.2) is 0 Å². The Morgan fingerprint density at radius 2 is 1.88 bits per heavy atom. The Morgan fingerprint density at radius 1 is 1.29 bits per heavy atom. The van der Waals surface area contributed by atoms with E-state index in [0.717, 1.165) is 25.7 Å². The van der Waals surface area contributed by atoms with Gasteiger partial charge < -0.3 is 15.1 Å². The van der Waals surface area contributed by atoms with Crippen molar-refractivity contribution >= 4 is 5.91 Å². The highest BCUT2D eigenvalue weighted by Crippen LogP contribution is 2.40. The highest BCUT2D eigenvalue weighted by atomic mass is 16.3. The van der Waals surface area contributed by atoms with Gasteiger partial charge in [0.2, 0.25) is 5.91 Å². The Kier molecular flexibility index (Phi) is 3.21. The lowest BCUT2D eigenvalue weighted by Gasteiger charge is -2.41. The molecule has 0 aromatic heterocycles. The average Bonchev–Trinajstić information content (AvgIpc) is 2.51. The van der Waals surface area contributed by atoms with Crippen LogP contribution in [-0.4, -0.2) is 45.8 Å². The number of nitrogens with zero attached hydrogens (tertiary/aromatic N) is 1. The number of carbonyl (C=O) groups is 1. The van der Waals surface area contributed by atoms with E-state index >= 15 is 0 Å². The summed E-state index contributed by atoms with van der Waals surface area (Å²) in [5.74, 6) is -0.0317. The fraction of sp³-hybridized carbons (Fsp3) is 0.923. The molecule has 17 heavy (non-hydrogen) atoms. The first-order valence-corrected chi connectivity index (χ1v) is 6.48. The van der Waals surface area contributed by atoms with Crippen LogP contribution in [0.15, 0.2) is 0 Å². The van der Waals surface area contributed by atoms with Crippen LogP contribution in [0.3, 0.4) is 0 Å². The molecule has 0 aromatic rings. The Labute approximate surface area is 103 Å². The first-order valence-electron chi connectivity index (χ1n) is 6.48. The number of hydrogen-bond donors (Lipinski definition) is 2. The average molecular weight is 241 g/mol. The van der Waals surface area contributed by atoms with Crippen LogP contribution in [-0.2, 0) is 4.79 Å². The Hall–Kier alpha value is -0.610. The third kappa shape index (κ3) is 2.99. The number of carbonyl (C=O) groups excluding carboxylic acids is 1. The van der Waals surface area contributed by atoms with E-state index in [1.165, 1.54) is 0 Å². The lowest BCUT2D eigenvalue weighted by atomic mass is 9.71. The summed E-state index contributed by atoms with van der Waals surface area (Å²) in [7, 11) is 0. The summed E-state index contributed by atoms with van der Waals surface area (Å²) in [6, 6.07) is 0. The molecule has 1 saturated heterocycles. The van der Waals surface area contributed by atoms with Crippen LogP contribution in [0.2, 0.25) is 0 Å². The zero-order valence-electron chi connectivity index (χ0n) is 10.8. The molecule has 1 aliphatic heterocycles. The van der Waals surface area contributed by atoms with Gasteiger partial charge in [0.05, 0.1) is 18.1 Å². The zero-order chi connectivity index (χ0) is 12.7. The van der Waals surface area contributed by atoms with Crippen molar-refractivity contribution in [2.24, 2.45) is 5.41 Å². The zero-order valence-corrected chi connectivity index (χ0v) is 10.8. The maximum absolute atomic E-state index is 11.6. The monoisotopic (exact) mass is 241 g/mol. The molecule has 2 rings (SSSR count). The van der Waals surface area contributed by atoms with Crippen molar-refractivity contribution < 1.29 is 15.0 Å². The fourth-order valence-corrected chi connectivity index (χ4v) is 2.81. The van der Waals surface area contributed by atoms with Crippen LogP contribution in [0.5, 0.6) is 0 Å². The minimum Gasteiger partial charge on any atom is -0.391 e. The largest absolute Gasteiger partial charge is 0.391 e. The molecule has 98 valence electrons. The molecule has 2 N–H and O–H groups in total. The molecule has 4 nitrogen and oxygen atoms in total. The van der Waals surface area contributed by atoms with E-state index in [1.54, 1.807) is 4.90 Å². The molecule has 2 aliphatic rings. The minimum absolute atomic E-state index is 0.0317. The SMILES string of the molecule is CC1(C)CCC(O)(CN2CC(O)CC2=O)CC1. The van der Waals surface area contributed by atoms with E-state index in [9.17, 15) is 15.0 Å². The summed E-state index contributed by atoms with van der Waals surface area (Å²) in [6.07, 6.45) is 3.15. The van der Waals surface area contributed by atoms with E-state index in [1.807, 2.05) is 0 Å². The van der Waals surface area contributed by atoms with Gasteiger partial charge in [0.25, 0.3) is 0 Å². The topological polar surface area (TPSA) is 60.8 Å². The summed E-state index contributed by atoms with van der Waals surface area (Å²) in [5.41, 5.74) is -0.435. The highest BCUT2D eigenvalue weighted by molar-refractivity contribution is 5.79. The first-order chi connectivity index (χ1) is 7.80. The Morgan fingerprint density at radius 3 is 2.35 bits per heavy atom. The fourth-order valence-electron chi connectivity index (χ4n) is 2.81. The van der Waals surface area contributed by atoms with Crippen molar-refractivity contribution in [3.8, 4) is 0 Å². The molecule has 1 amide bonds. The number of likely N-dealkylation sites (tertiary alicyclic amines) is 1. The molecule has 1 heterocycles. The molecular formula is C13H23NO3. The summed E-state index contributed by atoms with van der Waals surface area (Å²) in [5, 5.41) is 19.9. The Bertz CT molecular complexity index is 304. The van der Waals surface area contributed by atoms with Crippen LogP contribution in [0, 0.1) is 5.41 Å². The lowest BCUT2D eigenvalue weighted by Crippen LogP contribution is -2.47. The minimum atomic E-state index is -0.741. The second kappa shape index (κ2) is 4.25. The van der Waals surface area contributed by atoms with Crippen LogP contribution in [0.25, 0.3) is 0 Å². The van der Waals surface area contributed by atoms with E-state index < -0.39 is 11.7 Å². The van der Waals surface area contributed by atoms with Gasteiger partial charge in [-0.25, -0.2) is 0 Å². The standard InChI is InChI=1S/C13H23NO3/c1-12(2)3-5-13(17,6-4-12)9-14-8-10(15)7-11(14)16/h10,15,17H,3-9H2,1-2H3. The summed E-state index contributed by atoms with van der Waals surface area (Å²) in [6.45, 7) is 5.21. The predicted molar refractivity (Wildman–Crippen MR) is 64.4 cm³/mol. The number of amides is 1. The summed E-state index contributed by atoms with van der Waals surface area (Å²) in [4.78, 5) is 13.2. The van der Waals surface area contributed by atoms with Crippen LogP contribution < -0.4 is 0 Å². The normalized spacial score (nSPS) is 31.9. The smallest absolute Gasteiger partial charge is 0.225 e. The van der Waals surface area contributed by atoms with Gasteiger partial charge >= 0.3 is 0 Å². The number of aliphatic hydroxyl groups is 2. The number of β-amino-alcohol motifs (C(OH)–C–C–N with tert-alkyl or cyclic N) is 2. The molecule has 1 unspecified atom stereocenters. The lowest BCUT2D eigenvalue weighted by molar-refractivity contribution is -0.132. The van der Waals surface area contributed by atoms with Gasteiger partial charge in [0.1, 0.15) is 0 Å². The first kappa shape index (κ1) is 12.8. The number of rotatable bonds is 2. The maximum Gasteiger partial charge on any atom is 0.225 e. The van der Waals surface area contributed by atoms with Crippen LogP contribution >= 0.6 is 0 Å². The number of aliphatic hydroxyl groups excluding tert-OH is 1. The van der Waals surface area contributed by atoms with Crippen molar-refractivity contribution in [3.05, 3.63) is 0 Å². The van der Waals surface area contributed by atoms with E-state index in [0.29, 0.717) is 18.5 Å². The molecule has 1 atom stereocenters. The molecule has 1 saturated carbocycles. The van der Waals surface area contributed by atoms with Gasteiger partial charge in [-0.1, -0.05) is 13.8 Å². The van der Waals surface area contributed by atoms with Crippen molar-refractivity contribution in [1.29, 1.82) is 0 Å². The number of hydrogen-bond acceptors (Lipinski definition) is 3. The van der Waals surface area contributed by atoms with E-state index in [4.69, 9.17) is 0 Å². The summed E-state index contributed by atoms with van der Waals surface area (Å²) < 4.78 is 0. The van der Waals surface area contributed by atoms with Crippen molar-refractivity contribution in [1.82, 2.24) is 4.90 Å². The second-order valence-corrected chi connectivity index (χ2v) is 6.52. The predicted octanol–water partition coefficient (Wildman–Crippen LogP) is 0.911. The molecule has 4 heteroatoms. The van der Waals surface area contributed by atoms with Crippen molar-refractivity contribution in [2.75, 3.05) is 13.1 Å². The second-order valence-electron chi connectivity index (χ2n) is 6.52. The third-order valence-electron chi connectivity index (χ3n) is 4.21. The van der Waals surface area contributed by atoms with Crippen LogP contribution in [0.1, 0.15) is 46.0 Å². The van der Waals surface area contributed by atoms with Gasteiger partial charge in [-0.05, 0) is 31.1 Å². The van der Waals surface area contributed by atoms with Crippen molar-refractivity contribution in [2.45, 2.75) is 57.7 Å². The maximum atomic E-state index is 11.6. The van der Waals surface area contributed by atoms with E-state index in [-0.39, 0.29) is 12.3 Å². The van der Waals surface area contributed by atoms with Gasteiger partial charge in [-0.2, -0.15) is 0 Å². The van der Waals surface area contributed by atoms with Crippen molar-refractivity contribution in [3.63, 3.8) is 0 Å². The van der Waals surface area contributed by atoms with Gasteiger partial charge in [-0.3, -0.25) is 4.79 Å². The molecule has 0 radical (unpaired) electrons. The molecule has 0 aromatic carbocycles. The molecule has 0 bridgehead atoms. The highest BCUT2D eigenvalue weighted by Gasteiger charge is 2.40. The Balaban J connectivity index is 1.93. The van der Waals surface area contributed by atoms with Gasteiger partial charge in [0, 0.05) is 13.1 Å². The van der Waals surface area contributed by atoms with Gasteiger partial charge in [-0.15, -0.1) is 0 Å². The van der Waals surface area contributed by atoms with E-state index in [2.05, 4.69) is 13.8 Å². The molecule has 1 aliphatic carbocycles. The molecule has 2 fully saturated rings. The summed E-state index contributed by atoms with van der Waals surface area (Å²) >= 11 is 0. The third-order valence-corrected chi connectivity index (χ3v) is 4.21. The molecule has 0 spiro atoms.